The van der Waals surface area contributed by atoms with Crippen molar-refractivity contribution in [2.24, 2.45) is 16.8 Å². The summed E-state index contributed by atoms with van der Waals surface area (Å²) in [6.45, 7) is 6.04. The van der Waals surface area contributed by atoms with Crippen molar-refractivity contribution in [3.8, 4) is 0 Å². The molecule has 3 rings (SSSR count). The lowest BCUT2D eigenvalue weighted by Crippen LogP contribution is -2.11. The third kappa shape index (κ3) is 3.17. The van der Waals surface area contributed by atoms with Crippen LogP contribution in [0.1, 0.15) is 25.2 Å². The largest absolute Gasteiger partial charge is 0.248 e. The van der Waals surface area contributed by atoms with Crippen LogP contribution in [-0.2, 0) is 15.6 Å². The molecule has 1 unspecified atom stereocenters. The summed E-state index contributed by atoms with van der Waals surface area (Å²) < 4.78 is 25.3. The Labute approximate surface area is 136 Å². The van der Waals surface area contributed by atoms with Gasteiger partial charge in [0.2, 0.25) is 9.84 Å². The maximum absolute atomic E-state index is 12.7. The van der Waals surface area contributed by atoms with Gasteiger partial charge in [-0.25, -0.2) is 13.4 Å². The molecule has 0 bridgehead atoms. The van der Waals surface area contributed by atoms with Crippen LogP contribution in [0.3, 0.4) is 0 Å². The molecular weight excluding hydrogens is 310 g/mol. The molecule has 1 atom stereocenters. The molecule has 0 radical (unpaired) electrons. The number of fused-ring (bicyclic) bond motifs is 1. The molecule has 0 saturated heterocycles. The number of sulfone groups is 1. The summed E-state index contributed by atoms with van der Waals surface area (Å²) in [5.41, 5.74) is 3.14. The molecule has 0 N–H and O–H groups in total. The summed E-state index contributed by atoms with van der Waals surface area (Å²) in [6, 6.07) is 3.45. The molecule has 2 heterocycles. The summed E-state index contributed by atoms with van der Waals surface area (Å²) >= 11 is 0. The molecule has 23 heavy (non-hydrogen) atoms. The van der Waals surface area contributed by atoms with E-state index in [0.29, 0.717) is 11.6 Å². The number of allylic oxidation sites excluding steroid dienone is 5. The van der Waals surface area contributed by atoms with Gasteiger partial charge in [-0.1, -0.05) is 32.1 Å². The minimum atomic E-state index is -3.54. The Kier molecular flexibility index (Phi) is 4.02. The Morgan fingerprint density at radius 1 is 1.17 bits per heavy atom. The molecule has 6 heteroatoms. The normalized spacial score (nSPS) is 20.2. The number of nitrogens with zero attached hydrogens (tertiary/aromatic N) is 3. The van der Waals surface area contributed by atoms with E-state index in [9.17, 15) is 8.42 Å². The van der Waals surface area contributed by atoms with Crippen LogP contribution in [-0.4, -0.2) is 24.8 Å². The van der Waals surface area contributed by atoms with Crippen molar-refractivity contribution in [1.29, 1.82) is 0 Å². The van der Waals surface area contributed by atoms with E-state index in [0.717, 1.165) is 11.3 Å². The third-order valence-corrected chi connectivity index (χ3v) is 5.54. The molecule has 0 spiro atoms. The monoisotopic (exact) mass is 329 g/mol. The van der Waals surface area contributed by atoms with Crippen LogP contribution in [0, 0.1) is 18.8 Å². The second kappa shape index (κ2) is 5.85. The minimum Gasteiger partial charge on any atom is -0.248 e. The van der Waals surface area contributed by atoms with Crippen LogP contribution < -0.4 is 0 Å². The number of rotatable bonds is 4. The average Bonchev–Trinajstić information content (AvgIpc) is 2.93. The summed E-state index contributed by atoms with van der Waals surface area (Å²) in [7, 11) is -3.54. The lowest BCUT2D eigenvalue weighted by molar-refractivity contribution is 0.599. The zero-order valence-corrected chi connectivity index (χ0v) is 14.2. The Morgan fingerprint density at radius 3 is 2.61 bits per heavy atom. The summed E-state index contributed by atoms with van der Waals surface area (Å²) in [6.07, 6.45) is 7.64. The van der Waals surface area contributed by atoms with Crippen LogP contribution in [0.5, 0.6) is 0 Å². The van der Waals surface area contributed by atoms with Crippen molar-refractivity contribution in [3.05, 3.63) is 57.9 Å². The van der Waals surface area contributed by atoms with Gasteiger partial charge in [0, 0.05) is 17.7 Å². The van der Waals surface area contributed by atoms with E-state index in [1.807, 2.05) is 19.1 Å². The first-order chi connectivity index (χ1) is 10.9. The van der Waals surface area contributed by atoms with Crippen molar-refractivity contribution in [3.63, 3.8) is 0 Å². The van der Waals surface area contributed by atoms with Crippen molar-refractivity contribution >= 4 is 16.1 Å². The molecule has 2 aliphatic rings. The van der Waals surface area contributed by atoms with Gasteiger partial charge < -0.3 is 0 Å². The van der Waals surface area contributed by atoms with Crippen LogP contribution in [0.25, 0.3) is 0 Å². The fraction of sp³-hybridized carbons (Fsp3) is 0.353. The van der Waals surface area contributed by atoms with E-state index < -0.39 is 9.84 Å². The topological polar surface area (TPSA) is 72.3 Å². The third-order valence-electron chi connectivity index (χ3n) is 3.94. The van der Waals surface area contributed by atoms with E-state index in [4.69, 9.17) is 0 Å². The van der Waals surface area contributed by atoms with Gasteiger partial charge in [0.05, 0.1) is 11.4 Å². The molecule has 1 aromatic heterocycles. The summed E-state index contributed by atoms with van der Waals surface area (Å²) in [5.74, 6) is 0.175. The summed E-state index contributed by atoms with van der Waals surface area (Å²) in [5, 5.41) is 8.00. The molecule has 1 aromatic rings. The maximum atomic E-state index is 12.7. The first-order valence-electron chi connectivity index (χ1n) is 7.57. The first-order valence-corrected chi connectivity index (χ1v) is 9.22. The van der Waals surface area contributed by atoms with E-state index >= 15 is 0 Å². The van der Waals surface area contributed by atoms with E-state index in [1.165, 1.54) is 5.57 Å². The Bertz CT molecular complexity index is 844. The second-order valence-corrected chi connectivity index (χ2v) is 8.05. The molecule has 0 aromatic carbocycles. The number of aryl methyl sites for hydroxylation is 1. The SMILES string of the molecule is Cc1ccc(CS(=O)(=O)C2=C3C=CC(C(C)C)=CC3C=N2)nn1. The highest BCUT2D eigenvalue weighted by Crippen LogP contribution is 2.34. The van der Waals surface area contributed by atoms with Gasteiger partial charge in [0.15, 0.2) is 5.03 Å². The van der Waals surface area contributed by atoms with Crippen molar-refractivity contribution in [1.82, 2.24) is 10.2 Å². The van der Waals surface area contributed by atoms with E-state index in [-0.39, 0.29) is 16.7 Å². The van der Waals surface area contributed by atoms with Gasteiger partial charge >= 0.3 is 0 Å². The number of aromatic nitrogens is 2. The lowest BCUT2D eigenvalue weighted by Gasteiger charge is -2.16. The van der Waals surface area contributed by atoms with E-state index in [2.05, 4.69) is 35.1 Å². The van der Waals surface area contributed by atoms with E-state index in [1.54, 1.807) is 18.3 Å². The second-order valence-electron chi connectivity index (χ2n) is 6.14. The molecule has 1 aliphatic heterocycles. The van der Waals surface area contributed by atoms with Crippen molar-refractivity contribution in [2.45, 2.75) is 26.5 Å². The zero-order chi connectivity index (χ0) is 16.6. The molecule has 0 saturated carbocycles. The molecule has 0 fully saturated rings. The lowest BCUT2D eigenvalue weighted by atomic mass is 9.89. The smallest absolute Gasteiger partial charge is 0.201 e. The molecule has 120 valence electrons. The Hall–Kier alpha value is -2.08. The fourth-order valence-electron chi connectivity index (χ4n) is 2.62. The van der Waals surface area contributed by atoms with Gasteiger partial charge in [-0.05, 0) is 30.5 Å². The Balaban J connectivity index is 1.90. The van der Waals surface area contributed by atoms with Gasteiger partial charge in [-0.15, -0.1) is 0 Å². The van der Waals surface area contributed by atoms with Gasteiger partial charge in [0.25, 0.3) is 0 Å². The van der Waals surface area contributed by atoms with Crippen LogP contribution in [0.2, 0.25) is 0 Å². The van der Waals surface area contributed by atoms with Crippen LogP contribution >= 0.6 is 0 Å². The number of hydrogen-bond acceptors (Lipinski definition) is 5. The number of hydrogen-bond donors (Lipinski definition) is 0. The molecular formula is C17H19N3O2S. The van der Waals surface area contributed by atoms with Gasteiger partial charge in [-0.2, -0.15) is 10.2 Å². The van der Waals surface area contributed by atoms with Gasteiger partial charge in [-0.3, -0.25) is 0 Å². The highest BCUT2D eigenvalue weighted by Gasteiger charge is 2.30. The number of aliphatic imine (C=N–C) groups is 1. The fourth-order valence-corrected chi connectivity index (χ4v) is 4.09. The maximum Gasteiger partial charge on any atom is 0.201 e. The first kappa shape index (κ1) is 15.8. The zero-order valence-electron chi connectivity index (χ0n) is 13.4. The van der Waals surface area contributed by atoms with Crippen LogP contribution in [0.15, 0.2) is 51.5 Å². The van der Waals surface area contributed by atoms with Crippen LogP contribution in [0.4, 0.5) is 0 Å². The van der Waals surface area contributed by atoms with Crippen molar-refractivity contribution in [2.75, 3.05) is 0 Å². The molecule has 0 amide bonds. The Morgan fingerprint density at radius 2 is 1.96 bits per heavy atom. The highest BCUT2D eigenvalue weighted by molar-refractivity contribution is 7.94. The standard InChI is InChI=1S/C17H19N3O2S/c1-11(2)13-5-7-16-14(8-13)9-18-17(16)23(21,22)10-15-6-4-12(3)19-20-15/h4-9,11,14H,10H2,1-3H3. The molecule has 5 nitrogen and oxygen atoms in total. The summed E-state index contributed by atoms with van der Waals surface area (Å²) in [4.78, 5) is 4.18. The predicted octanol–water partition coefficient (Wildman–Crippen LogP) is 2.76. The quantitative estimate of drug-likeness (QED) is 0.851. The minimum absolute atomic E-state index is 0.0497. The predicted molar refractivity (Wildman–Crippen MR) is 90.5 cm³/mol. The van der Waals surface area contributed by atoms with Crippen molar-refractivity contribution < 1.29 is 8.42 Å². The average molecular weight is 329 g/mol. The molecule has 1 aliphatic carbocycles. The highest BCUT2D eigenvalue weighted by atomic mass is 32.2. The van der Waals surface area contributed by atoms with Gasteiger partial charge in [0.1, 0.15) is 5.75 Å².